The van der Waals surface area contributed by atoms with Crippen LogP contribution in [0.1, 0.15) is 78.1 Å². The molecule has 2 aliphatic rings. The van der Waals surface area contributed by atoms with E-state index in [0.29, 0.717) is 42.8 Å². The molecule has 2 aromatic carbocycles. The van der Waals surface area contributed by atoms with Gasteiger partial charge < -0.3 is 9.64 Å². The lowest BCUT2D eigenvalue weighted by molar-refractivity contribution is -0.143. The van der Waals surface area contributed by atoms with E-state index in [0.717, 1.165) is 36.0 Å². The van der Waals surface area contributed by atoms with Gasteiger partial charge in [-0.15, -0.1) is 5.10 Å². The van der Waals surface area contributed by atoms with Gasteiger partial charge in [0.1, 0.15) is 0 Å². The van der Waals surface area contributed by atoms with Gasteiger partial charge in [0.05, 0.1) is 29.0 Å². The molecular formula is C28H30F6N6O2. The zero-order chi connectivity index (χ0) is 30.4. The average Bonchev–Trinajstić information content (AvgIpc) is 3.57. The first-order valence-corrected chi connectivity index (χ1v) is 13.7. The summed E-state index contributed by atoms with van der Waals surface area (Å²) in [6, 6.07) is 2.88. The Balaban J connectivity index is 1.66. The van der Waals surface area contributed by atoms with Gasteiger partial charge in [-0.1, -0.05) is 11.2 Å². The highest BCUT2D eigenvalue weighted by molar-refractivity contribution is 5.91. The minimum Gasteiger partial charge on any atom is -0.446 e. The molecule has 0 spiro atoms. The number of amides is 1. The van der Waals surface area contributed by atoms with Crippen LogP contribution in [0.15, 0.2) is 24.3 Å². The molecule has 2 heterocycles. The molecule has 8 nitrogen and oxygen atoms in total. The first-order chi connectivity index (χ1) is 19.7. The van der Waals surface area contributed by atoms with Crippen LogP contribution in [0.2, 0.25) is 0 Å². The second kappa shape index (κ2) is 11.1. The van der Waals surface area contributed by atoms with Gasteiger partial charge in [-0.3, -0.25) is 4.90 Å². The number of benzene rings is 2. The number of carbonyl (C=O) groups excluding carboxylic acids is 1. The van der Waals surface area contributed by atoms with Crippen LogP contribution in [0.3, 0.4) is 0 Å². The van der Waals surface area contributed by atoms with E-state index >= 15 is 0 Å². The second-order valence-electron chi connectivity index (χ2n) is 10.9. The first kappa shape index (κ1) is 29.6. The van der Waals surface area contributed by atoms with E-state index in [-0.39, 0.29) is 30.2 Å². The van der Waals surface area contributed by atoms with E-state index in [9.17, 15) is 31.1 Å². The number of halogens is 6. The topological polar surface area (TPSA) is 87.2 Å². The molecule has 1 aliphatic heterocycles. The smallest absolute Gasteiger partial charge is 0.416 e. The molecule has 1 unspecified atom stereocenters. The summed E-state index contributed by atoms with van der Waals surface area (Å²) in [4.78, 5) is 16.5. The average molecular weight is 597 g/mol. The number of anilines is 2. The van der Waals surface area contributed by atoms with Crippen molar-refractivity contribution in [2.75, 3.05) is 16.3 Å². The molecule has 1 atom stereocenters. The molecule has 0 bridgehead atoms. The molecule has 1 amide bonds. The fourth-order valence-corrected chi connectivity index (χ4v) is 5.96. The summed E-state index contributed by atoms with van der Waals surface area (Å²) in [7, 11) is 0. The fourth-order valence-electron chi connectivity index (χ4n) is 5.96. The minimum atomic E-state index is -4.99. The van der Waals surface area contributed by atoms with Crippen LogP contribution >= 0.6 is 0 Å². The Hall–Kier alpha value is -3.84. The van der Waals surface area contributed by atoms with E-state index < -0.39 is 35.6 Å². The molecule has 1 aliphatic carbocycles. The van der Waals surface area contributed by atoms with Crippen molar-refractivity contribution in [2.24, 2.45) is 0 Å². The van der Waals surface area contributed by atoms with Gasteiger partial charge in [0, 0.05) is 13.1 Å². The van der Waals surface area contributed by atoms with Gasteiger partial charge in [-0.2, -0.15) is 31.6 Å². The molecule has 14 heteroatoms. The number of ether oxygens (including phenoxy) is 1. The summed E-state index contributed by atoms with van der Waals surface area (Å²) in [5.74, 6) is 0.00767. The van der Waals surface area contributed by atoms with Crippen LogP contribution in [-0.4, -0.2) is 39.4 Å². The van der Waals surface area contributed by atoms with Gasteiger partial charge in [0.2, 0.25) is 0 Å². The fraction of sp³-hybridized carbons (Fsp3) is 0.500. The van der Waals surface area contributed by atoms with Crippen molar-refractivity contribution in [3.8, 4) is 0 Å². The van der Waals surface area contributed by atoms with Crippen LogP contribution in [0.4, 0.5) is 42.8 Å². The van der Waals surface area contributed by atoms with Crippen molar-refractivity contribution in [2.45, 2.75) is 83.9 Å². The molecule has 3 aromatic rings. The quantitative estimate of drug-likeness (QED) is 0.322. The third-order valence-corrected chi connectivity index (χ3v) is 7.64. The molecule has 0 fully saturated rings. The number of tetrazole rings is 1. The Bertz CT molecular complexity index is 1420. The monoisotopic (exact) mass is 596 g/mol. The number of nitrogens with zero attached hydrogens (tertiary/aromatic N) is 5. The van der Waals surface area contributed by atoms with Gasteiger partial charge >= 0.3 is 18.4 Å². The number of fused-ring (bicyclic) bond motifs is 3. The maximum absolute atomic E-state index is 13.7. The largest absolute Gasteiger partial charge is 0.446 e. The van der Waals surface area contributed by atoms with Gasteiger partial charge in [0.15, 0.2) is 0 Å². The number of aromatic amines is 1. The van der Waals surface area contributed by atoms with Crippen LogP contribution < -0.4 is 9.80 Å². The van der Waals surface area contributed by atoms with Gasteiger partial charge in [-0.05, 0) is 104 Å². The molecule has 1 N–H and O–H groups in total. The number of rotatable bonds is 5. The van der Waals surface area contributed by atoms with E-state index in [2.05, 4.69) is 20.6 Å². The lowest BCUT2D eigenvalue weighted by Gasteiger charge is -2.33. The van der Waals surface area contributed by atoms with Crippen molar-refractivity contribution in [3.63, 3.8) is 0 Å². The van der Waals surface area contributed by atoms with Crippen molar-refractivity contribution >= 4 is 17.7 Å². The van der Waals surface area contributed by atoms with Crippen molar-refractivity contribution < 1.29 is 35.9 Å². The molecule has 0 radical (unpaired) electrons. The van der Waals surface area contributed by atoms with Gasteiger partial charge in [0.25, 0.3) is 5.95 Å². The van der Waals surface area contributed by atoms with Crippen LogP contribution in [-0.2, 0) is 36.5 Å². The summed E-state index contributed by atoms with van der Waals surface area (Å²) in [5.41, 5.74) is 1.49. The van der Waals surface area contributed by atoms with E-state index in [4.69, 9.17) is 4.74 Å². The summed E-state index contributed by atoms with van der Waals surface area (Å²) < 4.78 is 87.5. The normalized spacial score (nSPS) is 17.2. The van der Waals surface area contributed by atoms with Crippen LogP contribution in [0.5, 0.6) is 0 Å². The lowest BCUT2D eigenvalue weighted by Crippen LogP contribution is -2.35. The predicted molar refractivity (Wildman–Crippen MR) is 141 cm³/mol. The predicted octanol–water partition coefficient (Wildman–Crippen LogP) is 6.93. The highest BCUT2D eigenvalue weighted by atomic mass is 19.4. The third-order valence-electron chi connectivity index (χ3n) is 7.64. The zero-order valence-electron chi connectivity index (χ0n) is 23.2. The number of alkyl halides is 6. The van der Waals surface area contributed by atoms with Crippen molar-refractivity contribution in [1.29, 1.82) is 0 Å². The molecule has 0 saturated carbocycles. The van der Waals surface area contributed by atoms with E-state index in [1.807, 2.05) is 13.0 Å². The second-order valence-corrected chi connectivity index (χ2v) is 10.9. The SMILES string of the molecule is Cc1cc2c(c3c1CCC3)N(C(=O)OC(C)C)CCCC2N(Cc1cc(C(F)(F)F)cc(C(F)(F)F)c1)c1nn[nH]n1. The Morgan fingerprint density at radius 2 is 1.71 bits per heavy atom. The van der Waals surface area contributed by atoms with E-state index in [1.165, 1.54) is 0 Å². The number of aromatic nitrogens is 4. The molecule has 5 rings (SSSR count). The Labute approximate surface area is 238 Å². The van der Waals surface area contributed by atoms with Crippen molar-refractivity contribution in [3.05, 3.63) is 63.2 Å². The maximum atomic E-state index is 13.7. The zero-order valence-corrected chi connectivity index (χ0v) is 23.2. The first-order valence-electron chi connectivity index (χ1n) is 13.7. The van der Waals surface area contributed by atoms with Crippen molar-refractivity contribution in [1.82, 2.24) is 20.6 Å². The summed E-state index contributed by atoms with van der Waals surface area (Å²) in [5, 5.41) is 14.0. The summed E-state index contributed by atoms with van der Waals surface area (Å²) in [6.45, 7) is 5.42. The molecule has 0 saturated heterocycles. The third kappa shape index (κ3) is 5.88. The molecular weight excluding hydrogens is 566 g/mol. The number of hydrogen-bond acceptors (Lipinski definition) is 6. The number of carbonyl (C=O) groups is 1. The Morgan fingerprint density at radius 3 is 2.31 bits per heavy atom. The van der Waals surface area contributed by atoms with E-state index in [1.54, 1.807) is 23.6 Å². The number of nitrogens with one attached hydrogen (secondary N) is 1. The standard InChI is InChI=1S/C28H30F6N6O2/c1-15(2)42-26(41)39-9-5-8-23(22-10-16(3)20-6-4-7-21(20)24(22)39)40(25-35-37-38-36-25)14-17-11-18(27(29,30)31)13-19(12-17)28(32,33)34/h10-13,15,23H,4-9,14H2,1-3H3,(H,35,36,37,38). The lowest BCUT2D eigenvalue weighted by atomic mass is 9.91. The molecule has 226 valence electrons. The number of H-pyrrole nitrogens is 1. The number of aryl methyl sites for hydroxylation is 1. The Morgan fingerprint density at radius 1 is 1.05 bits per heavy atom. The summed E-state index contributed by atoms with van der Waals surface area (Å²) in [6.07, 6.45) is -7.51. The van der Waals surface area contributed by atoms with Gasteiger partial charge in [-0.25, -0.2) is 4.79 Å². The Kier molecular flexibility index (Phi) is 7.84. The molecule has 1 aromatic heterocycles. The maximum Gasteiger partial charge on any atom is 0.416 e. The highest BCUT2D eigenvalue weighted by Crippen LogP contribution is 2.46. The molecule has 42 heavy (non-hydrogen) atoms. The highest BCUT2D eigenvalue weighted by Gasteiger charge is 2.39. The van der Waals surface area contributed by atoms with Crippen LogP contribution in [0, 0.1) is 6.92 Å². The van der Waals surface area contributed by atoms with Crippen LogP contribution in [0.25, 0.3) is 0 Å². The summed E-state index contributed by atoms with van der Waals surface area (Å²) >= 11 is 0. The number of hydrogen-bond donors (Lipinski definition) is 1. The minimum absolute atomic E-state index is 0.00767.